The Bertz CT molecular complexity index is 528. The van der Waals surface area contributed by atoms with Crippen LogP contribution in [0.5, 0.6) is 0 Å². The van der Waals surface area contributed by atoms with E-state index in [9.17, 15) is 14.4 Å². The second-order valence-corrected chi connectivity index (χ2v) is 5.18. The van der Waals surface area contributed by atoms with Gasteiger partial charge in [0.05, 0.1) is 0 Å². The van der Waals surface area contributed by atoms with Crippen LogP contribution in [-0.2, 0) is 4.79 Å². The van der Waals surface area contributed by atoms with E-state index in [0.29, 0.717) is 19.4 Å². The van der Waals surface area contributed by atoms with Gasteiger partial charge in [-0.15, -0.1) is 11.3 Å². The molecule has 1 atom stereocenters. The van der Waals surface area contributed by atoms with Crippen LogP contribution in [0.2, 0.25) is 0 Å². The number of rotatable bonds is 3. The number of hydrogen-bond acceptors (Lipinski definition) is 5. The van der Waals surface area contributed by atoms with E-state index in [0.717, 1.165) is 11.3 Å². The molecule has 7 nitrogen and oxygen atoms in total. The topological polar surface area (TPSA) is 99.6 Å². The lowest BCUT2D eigenvalue weighted by atomic mass is 10.1. The van der Waals surface area contributed by atoms with Crippen LogP contribution in [0, 0.1) is 0 Å². The number of carbonyl (C=O) groups is 3. The third-order valence-corrected chi connectivity index (χ3v) is 3.72. The number of nitrogens with one attached hydrogen (secondary N) is 1. The molecule has 19 heavy (non-hydrogen) atoms. The molecule has 2 amide bonds. The zero-order valence-corrected chi connectivity index (χ0v) is 11.1. The summed E-state index contributed by atoms with van der Waals surface area (Å²) in [4.78, 5) is 39.2. The molecule has 102 valence electrons. The van der Waals surface area contributed by atoms with Crippen molar-refractivity contribution in [3.63, 3.8) is 0 Å². The van der Waals surface area contributed by atoms with Crippen LogP contribution in [0.15, 0.2) is 5.38 Å². The van der Waals surface area contributed by atoms with Crippen molar-refractivity contribution in [2.45, 2.75) is 18.9 Å². The van der Waals surface area contributed by atoms with Crippen LogP contribution >= 0.6 is 11.3 Å². The van der Waals surface area contributed by atoms with E-state index in [-0.39, 0.29) is 22.7 Å². The molecule has 1 saturated heterocycles. The number of aromatic carboxylic acids is 1. The van der Waals surface area contributed by atoms with Crippen molar-refractivity contribution in [1.29, 1.82) is 0 Å². The van der Waals surface area contributed by atoms with Gasteiger partial charge in [-0.1, -0.05) is 0 Å². The van der Waals surface area contributed by atoms with Crippen molar-refractivity contribution in [3.8, 4) is 0 Å². The lowest BCUT2D eigenvalue weighted by molar-refractivity contribution is -0.132. The Morgan fingerprint density at radius 2 is 2.32 bits per heavy atom. The van der Waals surface area contributed by atoms with Crippen LogP contribution < -0.4 is 5.32 Å². The Morgan fingerprint density at radius 1 is 1.58 bits per heavy atom. The van der Waals surface area contributed by atoms with E-state index in [1.807, 2.05) is 0 Å². The van der Waals surface area contributed by atoms with Crippen molar-refractivity contribution in [2.75, 3.05) is 13.6 Å². The van der Waals surface area contributed by atoms with Crippen LogP contribution in [0.4, 0.5) is 0 Å². The number of thiazole rings is 1. The average Bonchev–Trinajstić information content (AvgIpc) is 2.83. The third kappa shape index (κ3) is 3.08. The average molecular weight is 283 g/mol. The molecule has 0 aromatic carbocycles. The molecule has 0 spiro atoms. The molecule has 8 heteroatoms. The fourth-order valence-corrected chi connectivity index (χ4v) is 2.55. The lowest BCUT2D eigenvalue weighted by Crippen LogP contribution is -2.48. The van der Waals surface area contributed by atoms with E-state index < -0.39 is 11.9 Å². The Kier molecular flexibility index (Phi) is 3.79. The summed E-state index contributed by atoms with van der Waals surface area (Å²) >= 11 is 0.991. The van der Waals surface area contributed by atoms with Gasteiger partial charge in [0.2, 0.25) is 5.91 Å². The molecule has 1 unspecified atom stereocenters. The van der Waals surface area contributed by atoms with Gasteiger partial charge in [-0.2, -0.15) is 0 Å². The smallest absolute Gasteiger partial charge is 0.355 e. The fourth-order valence-electron chi connectivity index (χ4n) is 1.85. The number of likely N-dealkylation sites (N-methyl/N-ethyl adjacent to an activating group) is 1. The summed E-state index contributed by atoms with van der Waals surface area (Å²) < 4.78 is 0. The highest BCUT2D eigenvalue weighted by atomic mass is 32.1. The summed E-state index contributed by atoms with van der Waals surface area (Å²) in [5, 5.41) is 12.9. The summed E-state index contributed by atoms with van der Waals surface area (Å²) in [6.07, 6.45) is 0.992. The SMILES string of the molecule is CN1CC(NC(=O)c2nc(C(=O)O)cs2)CCC1=O. The van der Waals surface area contributed by atoms with E-state index in [2.05, 4.69) is 10.3 Å². The Labute approximate surface area is 113 Å². The molecule has 0 saturated carbocycles. The zero-order valence-electron chi connectivity index (χ0n) is 10.3. The molecular weight excluding hydrogens is 270 g/mol. The Morgan fingerprint density at radius 3 is 2.89 bits per heavy atom. The summed E-state index contributed by atoms with van der Waals surface area (Å²) in [5.41, 5.74) is -0.133. The number of carbonyl (C=O) groups excluding carboxylic acids is 2. The predicted molar refractivity (Wildman–Crippen MR) is 67.2 cm³/mol. The normalized spacial score (nSPS) is 19.3. The van der Waals surface area contributed by atoms with Gasteiger partial charge in [-0.25, -0.2) is 9.78 Å². The highest BCUT2D eigenvalue weighted by Gasteiger charge is 2.25. The van der Waals surface area contributed by atoms with Crippen molar-refractivity contribution in [2.24, 2.45) is 0 Å². The summed E-state index contributed by atoms with van der Waals surface area (Å²) in [6, 6.07) is -0.118. The monoisotopic (exact) mass is 283 g/mol. The van der Waals surface area contributed by atoms with Gasteiger partial charge >= 0.3 is 5.97 Å². The second-order valence-electron chi connectivity index (χ2n) is 4.33. The maximum atomic E-state index is 11.9. The van der Waals surface area contributed by atoms with E-state index in [4.69, 9.17) is 5.11 Å². The van der Waals surface area contributed by atoms with Gasteiger partial charge in [0.1, 0.15) is 0 Å². The maximum absolute atomic E-state index is 11.9. The molecule has 1 aromatic heterocycles. The lowest BCUT2D eigenvalue weighted by Gasteiger charge is -2.29. The number of likely N-dealkylation sites (tertiary alicyclic amines) is 1. The number of carboxylic acids is 1. The largest absolute Gasteiger partial charge is 0.476 e. The molecule has 0 radical (unpaired) electrons. The molecule has 2 rings (SSSR count). The van der Waals surface area contributed by atoms with Crippen molar-refractivity contribution < 1.29 is 19.5 Å². The van der Waals surface area contributed by atoms with Gasteiger partial charge < -0.3 is 15.3 Å². The van der Waals surface area contributed by atoms with Crippen LogP contribution in [-0.4, -0.2) is 52.4 Å². The Balaban J connectivity index is 1.97. The first-order valence-electron chi connectivity index (χ1n) is 5.71. The predicted octanol–water partition coefficient (Wildman–Crippen LogP) is 0.192. The van der Waals surface area contributed by atoms with E-state index in [1.54, 1.807) is 11.9 Å². The van der Waals surface area contributed by atoms with Gasteiger partial charge in [0, 0.05) is 31.4 Å². The molecular formula is C11H13N3O4S. The van der Waals surface area contributed by atoms with Crippen LogP contribution in [0.25, 0.3) is 0 Å². The number of nitrogens with zero attached hydrogens (tertiary/aromatic N) is 2. The molecule has 1 fully saturated rings. The van der Waals surface area contributed by atoms with Crippen LogP contribution in [0.3, 0.4) is 0 Å². The van der Waals surface area contributed by atoms with Crippen molar-refractivity contribution in [1.82, 2.24) is 15.2 Å². The summed E-state index contributed by atoms with van der Waals surface area (Å²) in [6.45, 7) is 0.460. The quantitative estimate of drug-likeness (QED) is 0.825. The molecule has 1 aliphatic heterocycles. The number of carboxylic acid groups (broad SMARTS) is 1. The number of piperidine rings is 1. The first-order chi connectivity index (χ1) is 8.97. The zero-order chi connectivity index (χ0) is 14.0. The molecule has 2 N–H and O–H groups in total. The third-order valence-electron chi connectivity index (χ3n) is 2.88. The first kappa shape index (κ1) is 13.5. The van der Waals surface area contributed by atoms with Gasteiger partial charge in [0.25, 0.3) is 5.91 Å². The Hall–Kier alpha value is -1.96. The molecule has 1 aliphatic rings. The highest BCUT2D eigenvalue weighted by Crippen LogP contribution is 2.13. The van der Waals surface area contributed by atoms with Crippen molar-refractivity contribution >= 4 is 29.1 Å². The maximum Gasteiger partial charge on any atom is 0.355 e. The molecule has 0 aliphatic carbocycles. The molecule has 1 aromatic rings. The van der Waals surface area contributed by atoms with Gasteiger partial charge in [-0.05, 0) is 6.42 Å². The summed E-state index contributed by atoms with van der Waals surface area (Å²) in [5.74, 6) is -1.49. The fraction of sp³-hybridized carbons (Fsp3) is 0.455. The van der Waals surface area contributed by atoms with Gasteiger partial charge in [0.15, 0.2) is 10.7 Å². The van der Waals surface area contributed by atoms with E-state index >= 15 is 0 Å². The minimum Gasteiger partial charge on any atom is -0.476 e. The van der Waals surface area contributed by atoms with E-state index in [1.165, 1.54) is 5.38 Å². The highest BCUT2D eigenvalue weighted by molar-refractivity contribution is 7.11. The minimum absolute atomic E-state index is 0.0629. The molecule has 2 heterocycles. The van der Waals surface area contributed by atoms with Crippen molar-refractivity contribution in [3.05, 3.63) is 16.1 Å². The number of amides is 2. The minimum atomic E-state index is -1.15. The second kappa shape index (κ2) is 5.35. The number of aromatic nitrogens is 1. The number of hydrogen-bond donors (Lipinski definition) is 2. The summed E-state index contributed by atoms with van der Waals surface area (Å²) in [7, 11) is 1.69. The first-order valence-corrected chi connectivity index (χ1v) is 6.59. The van der Waals surface area contributed by atoms with Gasteiger partial charge in [-0.3, -0.25) is 9.59 Å². The standard InChI is InChI=1S/C11H13N3O4S/c1-14-4-6(2-3-8(14)15)12-9(16)10-13-7(5-19-10)11(17)18/h5-6H,2-4H2,1H3,(H,12,16)(H,17,18). The van der Waals surface area contributed by atoms with Crippen LogP contribution in [0.1, 0.15) is 33.1 Å². The molecule has 0 bridgehead atoms.